The number of hydrogen-bond acceptors (Lipinski definition) is 2. The van der Waals surface area contributed by atoms with Gasteiger partial charge in [0.2, 0.25) is 0 Å². The fourth-order valence-electron chi connectivity index (χ4n) is 8.43. The number of para-hydroxylation sites is 2. The van der Waals surface area contributed by atoms with Crippen molar-refractivity contribution in [2.75, 3.05) is 0 Å². The van der Waals surface area contributed by atoms with E-state index in [1.165, 1.54) is 55.2 Å². The maximum Gasteiger partial charge on any atom is 0.137 e. The van der Waals surface area contributed by atoms with E-state index in [4.69, 9.17) is 9.97 Å². The van der Waals surface area contributed by atoms with Gasteiger partial charge in [0.15, 0.2) is 0 Å². The van der Waals surface area contributed by atoms with Gasteiger partial charge in [0.05, 0.1) is 16.7 Å². The third kappa shape index (κ3) is 17.9. The summed E-state index contributed by atoms with van der Waals surface area (Å²) in [4.78, 5) is 9.66. The summed E-state index contributed by atoms with van der Waals surface area (Å²) in [5.41, 5.74) is 14.6. The third-order valence-corrected chi connectivity index (χ3v) is 13.0. The molecule has 0 bridgehead atoms. The molecule has 3 nitrogen and oxygen atoms in total. The van der Waals surface area contributed by atoms with Crippen LogP contribution in [0, 0.1) is 0 Å². The van der Waals surface area contributed by atoms with Crippen molar-refractivity contribution in [2.45, 2.75) is 146 Å². The van der Waals surface area contributed by atoms with Gasteiger partial charge in [-0.1, -0.05) is 313 Å². The van der Waals surface area contributed by atoms with Gasteiger partial charge in [-0.15, -0.1) is 0 Å². The first-order valence-electron chi connectivity index (χ1n) is 26.7. The van der Waals surface area contributed by atoms with Crippen molar-refractivity contribution in [3.63, 3.8) is 0 Å². The van der Waals surface area contributed by atoms with Crippen LogP contribution in [-0.2, 0) is 27.1 Å². The van der Waals surface area contributed by atoms with Crippen molar-refractivity contribution in [3.05, 3.63) is 259 Å². The van der Waals surface area contributed by atoms with Gasteiger partial charge in [-0.3, -0.25) is 9.55 Å². The Hall–Kier alpha value is -7.36. The van der Waals surface area contributed by atoms with Crippen LogP contribution >= 0.6 is 0 Å². The average Bonchev–Trinajstić information content (AvgIpc) is 3.74. The molecule has 0 saturated heterocycles. The highest BCUT2D eigenvalue weighted by molar-refractivity contribution is 6.09. The van der Waals surface area contributed by atoms with Crippen LogP contribution < -0.4 is 0 Å². The smallest absolute Gasteiger partial charge is 0.137 e. The van der Waals surface area contributed by atoms with Gasteiger partial charge in [-0.25, -0.2) is 4.98 Å². The van der Waals surface area contributed by atoms with E-state index in [1.807, 2.05) is 24.3 Å². The summed E-state index contributed by atoms with van der Waals surface area (Å²) in [6.07, 6.45) is 0. The van der Waals surface area contributed by atoms with Crippen molar-refractivity contribution < 1.29 is 0 Å². The molecule has 3 heterocycles. The number of hydrogen-bond donors (Lipinski definition) is 0. The fraction of sp³-hybridized carbons (Fsp3) is 0.297. The van der Waals surface area contributed by atoms with Gasteiger partial charge in [-0.05, 0) is 80.5 Å². The van der Waals surface area contributed by atoms with Gasteiger partial charge in [0.1, 0.15) is 5.82 Å². The minimum absolute atomic E-state index is 0. The topological polar surface area (TPSA) is 30.7 Å². The second-order valence-electron chi connectivity index (χ2n) is 24.5. The van der Waals surface area contributed by atoms with Crippen LogP contribution in [0.5, 0.6) is 0 Å². The maximum absolute atomic E-state index is 4.95. The number of rotatable bonds is 3. The summed E-state index contributed by atoms with van der Waals surface area (Å²) >= 11 is 0. The van der Waals surface area contributed by atoms with Gasteiger partial charge in [0.25, 0.3) is 0 Å². The number of benzene rings is 7. The molecular weight excluding hydrogens is 931 g/mol. The zero-order valence-electron chi connectivity index (χ0n) is 47.8. The molecule has 0 atom stereocenters. The Morgan fingerprint density at radius 1 is 0.260 bits per heavy atom. The van der Waals surface area contributed by atoms with E-state index in [0.29, 0.717) is 10.8 Å². The number of nitrogens with zero attached hydrogens (tertiary/aromatic N) is 3. The lowest BCUT2D eigenvalue weighted by Gasteiger charge is -2.19. The first-order valence-corrected chi connectivity index (χ1v) is 26.7. The van der Waals surface area contributed by atoms with Crippen LogP contribution in [0.3, 0.4) is 0 Å². The molecule has 3 heteroatoms. The van der Waals surface area contributed by atoms with Crippen LogP contribution in [0.15, 0.2) is 231 Å². The minimum atomic E-state index is 0. The maximum atomic E-state index is 4.95. The van der Waals surface area contributed by atoms with E-state index >= 15 is 0 Å². The Kier molecular flexibility index (Phi) is 21.9. The summed E-state index contributed by atoms with van der Waals surface area (Å²) in [6, 6.07) is 80.3. The molecule has 402 valence electrons. The van der Waals surface area contributed by atoms with Crippen molar-refractivity contribution in [1.82, 2.24) is 14.5 Å². The Labute approximate surface area is 466 Å². The van der Waals surface area contributed by atoms with Crippen molar-refractivity contribution >= 4 is 21.8 Å². The first-order chi connectivity index (χ1) is 35.4. The third-order valence-electron chi connectivity index (χ3n) is 13.0. The highest BCUT2D eigenvalue weighted by Gasteiger charge is 2.19. The quantitative estimate of drug-likeness (QED) is 0.177. The lowest BCUT2D eigenvalue weighted by atomic mass is 9.86. The van der Waals surface area contributed by atoms with Gasteiger partial charge in [-0.2, -0.15) is 0 Å². The van der Waals surface area contributed by atoms with E-state index in [2.05, 4.69) is 315 Å². The summed E-state index contributed by atoms with van der Waals surface area (Å²) < 4.78 is 2.26. The molecule has 0 amide bonds. The predicted octanol–water partition coefficient (Wildman–Crippen LogP) is 21.4. The van der Waals surface area contributed by atoms with Gasteiger partial charge >= 0.3 is 0 Å². The Morgan fingerprint density at radius 3 is 0.974 bits per heavy atom. The van der Waals surface area contributed by atoms with Crippen LogP contribution in [0.4, 0.5) is 0 Å². The molecule has 0 saturated carbocycles. The number of pyridine rings is 2. The van der Waals surface area contributed by atoms with E-state index in [0.717, 1.165) is 22.9 Å². The second kappa shape index (κ2) is 27.1. The first kappa shape index (κ1) is 62.2. The molecule has 10 aromatic rings. The van der Waals surface area contributed by atoms with Gasteiger partial charge in [0, 0.05) is 38.6 Å². The molecule has 0 aliphatic carbocycles. The minimum Gasteiger partial charge on any atom is -0.294 e. The molecule has 77 heavy (non-hydrogen) atoms. The van der Waals surface area contributed by atoms with Crippen molar-refractivity contribution in [1.29, 1.82) is 0 Å². The molecule has 0 radical (unpaired) electrons. The number of aromatic nitrogens is 3. The molecule has 3 aromatic heterocycles. The molecule has 7 aromatic carbocycles. The lowest BCUT2D eigenvalue weighted by Crippen LogP contribution is -2.14. The second-order valence-corrected chi connectivity index (χ2v) is 24.5. The molecular formula is C74H91N3. The molecule has 0 fully saturated rings. The molecule has 0 aliphatic rings. The molecule has 0 spiro atoms. The summed E-state index contributed by atoms with van der Waals surface area (Å²) in [5.74, 6) is 0.981. The van der Waals surface area contributed by atoms with E-state index in [9.17, 15) is 0 Å². The van der Waals surface area contributed by atoms with Crippen LogP contribution in [-0.4, -0.2) is 14.5 Å². The molecule has 0 aliphatic heterocycles. The largest absolute Gasteiger partial charge is 0.294 e. The number of fused-ring (bicyclic) bond motifs is 3. The normalized spacial score (nSPS) is 11.4. The zero-order chi connectivity index (χ0) is 54.4. The van der Waals surface area contributed by atoms with Crippen LogP contribution in [0.1, 0.15) is 147 Å². The Bertz CT molecular complexity index is 3180. The summed E-state index contributed by atoms with van der Waals surface area (Å²) in [6.45, 7) is 33.2. The Morgan fingerprint density at radius 2 is 0.584 bits per heavy atom. The molecule has 0 unspecified atom stereocenters. The van der Waals surface area contributed by atoms with Crippen molar-refractivity contribution in [3.8, 4) is 28.2 Å². The molecule has 0 N–H and O–H groups in total. The average molecular weight is 1020 g/mol. The molecule has 10 rings (SSSR count). The summed E-state index contributed by atoms with van der Waals surface area (Å²) in [5, 5.41) is 2.54. The highest BCUT2D eigenvalue weighted by atomic mass is 15.1. The zero-order valence-corrected chi connectivity index (χ0v) is 47.8. The highest BCUT2D eigenvalue weighted by Crippen LogP contribution is 2.33. The predicted molar refractivity (Wildman–Crippen MR) is 340 cm³/mol. The lowest BCUT2D eigenvalue weighted by molar-refractivity contribution is 0.568. The van der Waals surface area contributed by atoms with Crippen LogP contribution in [0.2, 0.25) is 0 Å². The van der Waals surface area contributed by atoms with E-state index in [-0.39, 0.29) is 31.1 Å². The van der Waals surface area contributed by atoms with E-state index in [1.54, 1.807) is 0 Å². The van der Waals surface area contributed by atoms with Crippen LogP contribution in [0.25, 0.3) is 50.0 Å². The fourth-order valence-corrected chi connectivity index (χ4v) is 8.43. The van der Waals surface area contributed by atoms with Crippen molar-refractivity contribution in [2.24, 2.45) is 0 Å². The monoisotopic (exact) mass is 1020 g/mol. The standard InChI is InChI=1S/C21H20N2.C16H18.C15H17N.2C10H14.2CH4/c1-21(2,3)19-13-8-14-20(22-19)23-17-11-6-4-9-15(17)16-10-5-7-12-18(16)23;1-16(2,3)15-11-9-14(10-12-15)13-7-5-4-6-8-13;1-15(2,3)14-11-7-10-13(16-14)12-8-5-4-6-9-12;2*1-10(2,3)9-7-5-4-6-8-9;;/h4-14H,1-3H3;4-12H,1-3H3;4-11H,1-3H3;2*4-8H,1-3H3;2*1H4. The van der Waals surface area contributed by atoms with Gasteiger partial charge < -0.3 is 0 Å². The van der Waals surface area contributed by atoms with E-state index < -0.39 is 0 Å². The summed E-state index contributed by atoms with van der Waals surface area (Å²) in [7, 11) is 0. The Balaban J connectivity index is 0.000000214. The SMILES string of the molecule is C.C.CC(C)(C)c1ccc(-c2ccccc2)cc1.CC(C)(C)c1cccc(-c2ccccc2)n1.CC(C)(C)c1cccc(-n2c3ccccc3c3ccccc32)n1.CC(C)(C)c1ccccc1.CC(C)(C)c1ccccc1.